The number of thiophene rings is 1. The second kappa shape index (κ2) is 10.2. The van der Waals surface area contributed by atoms with Gasteiger partial charge in [0.1, 0.15) is 5.75 Å². The fourth-order valence-corrected chi connectivity index (χ4v) is 2.94. The number of carbonyl (C=O) groups excluding carboxylic acids is 3. The summed E-state index contributed by atoms with van der Waals surface area (Å²) in [5.41, 5.74) is 0.472. The quantitative estimate of drug-likeness (QED) is 0.521. The number of urea groups is 1. The number of nitrogens with one attached hydrogen (secondary N) is 2. The molecule has 0 fully saturated rings. The molecule has 0 aliphatic carbocycles. The second-order valence-corrected chi connectivity index (χ2v) is 6.83. The maximum absolute atomic E-state index is 11.8. The number of anilines is 1. The Kier molecular flexibility index (Phi) is 7.11. The van der Waals surface area contributed by atoms with E-state index in [9.17, 15) is 14.4 Å². The van der Waals surface area contributed by atoms with Crippen LogP contribution in [0.2, 0.25) is 0 Å². The zero-order valence-corrected chi connectivity index (χ0v) is 16.7. The van der Waals surface area contributed by atoms with Gasteiger partial charge in [-0.3, -0.25) is 14.9 Å². The van der Waals surface area contributed by atoms with E-state index in [1.807, 2.05) is 17.5 Å². The second-order valence-electron chi connectivity index (χ2n) is 5.88. The topological polar surface area (TPSA) is 133 Å². The van der Waals surface area contributed by atoms with Gasteiger partial charge in [-0.05, 0) is 35.7 Å². The van der Waals surface area contributed by atoms with Gasteiger partial charge in [0.2, 0.25) is 11.7 Å². The molecular weight excluding hydrogens is 412 g/mol. The number of amides is 3. The summed E-state index contributed by atoms with van der Waals surface area (Å²) >= 11 is 1.47. The molecule has 2 aromatic heterocycles. The van der Waals surface area contributed by atoms with Crippen molar-refractivity contribution in [3.8, 4) is 16.5 Å². The summed E-state index contributed by atoms with van der Waals surface area (Å²) in [6.45, 7) is -0.584. The smallest absolute Gasteiger partial charge is 0.325 e. The van der Waals surface area contributed by atoms with Crippen LogP contribution in [0.1, 0.15) is 12.3 Å². The molecule has 0 aliphatic rings. The molecule has 10 nitrogen and oxygen atoms in total. The lowest BCUT2D eigenvalue weighted by atomic mass is 10.3. The van der Waals surface area contributed by atoms with E-state index in [0.717, 1.165) is 4.88 Å². The van der Waals surface area contributed by atoms with E-state index in [4.69, 9.17) is 14.0 Å². The van der Waals surface area contributed by atoms with Crippen LogP contribution >= 0.6 is 11.3 Å². The first-order chi connectivity index (χ1) is 14.5. The molecule has 3 rings (SSSR count). The van der Waals surface area contributed by atoms with Crippen molar-refractivity contribution in [3.63, 3.8) is 0 Å². The average Bonchev–Trinajstić information content (AvgIpc) is 3.43. The average molecular weight is 430 g/mol. The van der Waals surface area contributed by atoms with Gasteiger partial charge in [-0.2, -0.15) is 4.98 Å². The number of esters is 1. The van der Waals surface area contributed by atoms with Crippen molar-refractivity contribution in [1.29, 1.82) is 0 Å². The normalized spacial score (nSPS) is 10.3. The van der Waals surface area contributed by atoms with Crippen molar-refractivity contribution in [3.05, 3.63) is 47.7 Å². The minimum atomic E-state index is -0.757. The maximum atomic E-state index is 11.8. The van der Waals surface area contributed by atoms with Crippen LogP contribution in [0.4, 0.5) is 10.5 Å². The Labute approximate surface area is 175 Å². The van der Waals surface area contributed by atoms with E-state index in [2.05, 4.69) is 20.8 Å². The van der Waals surface area contributed by atoms with Gasteiger partial charge in [0, 0.05) is 12.1 Å². The predicted octanol–water partition coefficient (Wildman–Crippen LogP) is 2.63. The van der Waals surface area contributed by atoms with Crippen molar-refractivity contribution in [2.45, 2.75) is 12.8 Å². The largest absolute Gasteiger partial charge is 0.497 e. The van der Waals surface area contributed by atoms with Crippen LogP contribution in [0.5, 0.6) is 5.75 Å². The number of aryl methyl sites for hydroxylation is 1. The van der Waals surface area contributed by atoms with Gasteiger partial charge in [0.15, 0.2) is 6.61 Å². The number of methoxy groups -OCH3 is 1. The summed E-state index contributed by atoms with van der Waals surface area (Å²) < 4.78 is 15.0. The Morgan fingerprint density at radius 3 is 2.67 bits per heavy atom. The van der Waals surface area contributed by atoms with Crippen molar-refractivity contribution < 1.29 is 28.4 Å². The third kappa shape index (κ3) is 6.14. The Balaban J connectivity index is 1.35. The van der Waals surface area contributed by atoms with Crippen LogP contribution in [0.3, 0.4) is 0 Å². The van der Waals surface area contributed by atoms with Crippen LogP contribution < -0.4 is 15.4 Å². The summed E-state index contributed by atoms with van der Waals surface area (Å²) in [4.78, 5) is 40.4. The monoisotopic (exact) mass is 430 g/mol. The van der Waals surface area contributed by atoms with E-state index in [-0.39, 0.29) is 12.8 Å². The third-order valence-corrected chi connectivity index (χ3v) is 4.58. The molecule has 0 atom stereocenters. The van der Waals surface area contributed by atoms with Gasteiger partial charge < -0.3 is 19.3 Å². The first-order valence-corrected chi connectivity index (χ1v) is 9.68. The summed E-state index contributed by atoms with van der Waals surface area (Å²) in [5, 5.41) is 10.3. The molecular formula is C19H18N4O6S. The molecule has 3 amide bonds. The van der Waals surface area contributed by atoms with Crippen LogP contribution in [0, 0.1) is 0 Å². The van der Waals surface area contributed by atoms with Crippen molar-refractivity contribution in [2.24, 2.45) is 0 Å². The standard InChI is InChI=1S/C19H18N4O6S/c1-27-13-6-4-12(5-7-13)20-19(26)21-15(24)11-28-17(25)9-8-16-22-18(23-29-16)14-3-2-10-30-14/h2-7,10H,8-9,11H2,1H3,(H2,20,21,24,26). The zero-order valence-electron chi connectivity index (χ0n) is 15.9. The SMILES string of the molecule is COc1ccc(NC(=O)NC(=O)COC(=O)CCc2nc(-c3cccs3)no2)cc1. The lowest BCUT2D eigenvalue weighted by Crippen LogP contribution is -2.37. The van der Waals surface area contributed by atoms with Crippen LogP contribution in [0.15, 0.2) is 46.3 Å². The first kappa shape index (κ1) is 21.0. The van der Waals surface area contributed by atoms with Crippen LogP contribution in [-0.2, 0) is 20.7 Å². The molecule has 156 valence electrons. The van der Waals surface area contributed by atoms with E-state index in [1.165, 1.54) is 18.4 Å². The summed E-state index contributed by atoms with van der Waals surface area (Å²) in [6, 6.07) is 9.53. The van der Waals surface area contributed by atoms with Crippen molar-refractivity contribution in [1.82, 2.24) is 15.5 Å². The fourth-order valence-electron chi connectivity index (χ4n) is 2.29. The van der Waals surface area contributed by atoms with E-state index in [0.29, 0.717) is 23.2 Å². The Bertz CT molecular complexity index is 1000. The van der Waals surface area contributed by atoms with Crippen LogP contribution in [0.25, 0.3) is 10.7 Å². The zero-order chi connectivity index (χ0) is 21.3. The number of carbonyl (C=O) groups is 3. The molecule has 3 aromatic rings. The molecule has 0 spiro atoms. The van der Waals surface area contributed by atoms with E-state index in [1.54, 1.807) is 24.3 Å². The lowest BCUT2D eigenvalue weighted by molar-refractivity contribution is -0.148. The number of imide groups is 1. The predicted molar refractivity (Wildman–Crippen MR) is 107 cm³/mol. The maximum Gasteiger partial charge on any atom is 0.325 e. The number of rotatable bonds is 8. The molecule has 1 aromatic carbocycles. The first-order valence-electron chi connectivity index (χ1n) is 8.80. The van der Waals surface area contributed by atoms with Gasteiger partial charge in [-0.1, -0.05) is 11.2 Å². The van der Waals surface area contributed by atoms with E-state index >= 15 is 0 Å². The van der Waals surface area contributed by atoms with Crippen molar-refractivity contribution in [2.75, 3.05) is 19.0 Å². The van der Waals surface area contributed by atoms with Gasteiger partial charge >= 0.3 is 12.0 Å². The molecule has 11 heteroatoms. The highest BCUT2D eigenvalue weighted by Crippen LogP contribution is 2.21. The molecule has 0 saturated carbocycles. The Morgan fingerprint density at radius 1 is 1.17 bits per heavy atom. The molecule has 2 heterocycles. The fraction of sp³-hybridized carbons (Fsp3) is 0.211. The highest BCUT2D eigenvalue weighted by Gasteiger charge is 2.14. The lowest BCUT2D eigenvalue weighted by Gasteiger charge is -2.08. The number of aromatic nitrogens is 2. The molecule has 30 heavy (non-hydrogen) atoms. The molecule has 0 saturated heterocycles. The Hall–Kier alpha value is -3.73. The summed E-state index contributed by atoms with van der Waals surface area (Å²) in [7, 11) is 1.53. The highest BCUT2D eigenvalue weighted by molar-refractivity contribution is 7.13. The number of hydrogen-bond acceptors (Lipinski definition) is 9. The number of ether oxygens (including phenoxy) is 2. The molecule has 0 radical (unpaired) electrons. The van der Waals surface area contributed by atoms with Gasteiger partial charge in [0.25, 0.3) is 5.91 Å². The highest BCUT2D eigenvalue weighted by atomic mass is 32.1. The number of nitrogens with zero attached hydrogens (tertiary/aromatic N) is 2. The Morgan fingerprint density at radius 2 is 1.97 bits per heavy atom. The van der Waals surface area contributed by atoms with E-state index < -0.39 is 24.5 Å². The minimum absolute atomic E-state index is 0.0442. The van der Waals surface area contributed by atoms with Crippen molar-refractivity contribution >= 4 is 34.9 Å². The van der Waals surface area contributed by atoms with Gasteiger partial charge in [-0.25, -0.2) is 4.79 Å². The number of hydrogen-bond donors (Lipinski definition) is 2. The molecule has 2 N–H and O–H groups in total. The van der Waals surface area contributed by atoms with Gasteiger partial charge in [-0.15, -0.1) is 11.3 Å². The van der Waals surface area contributed by atoms with Gasteiger partial charge in [0.05, 0.1) is 18.4 Å². The molecule has 0 unspecified atom stereocenters. The van der Waals surface area contributed by atoms with Crippen LogP contribution in [-0.4, -0.2) is 41.8 Å². The molecule has 0 bridgehead atoms. The summed E-state index contributed by atoms with van der Waals surface area (Å²) in [5.74, 6) is -0.00905. The third-order valence-electron chi connectivity index (χ3n) is 3.72. The number of benzene rings is 1. The summed E-state index contributed by atoms with van der Waals surface area (Å²) in [6.07, 6.45) is 0.133. The minimum Gasteiger partial charge on any atom is -0.497 e. The molecule has 0 aliphatic heterocycles.